The number of halogens is 1. The molecule has 2 aromatic heterocycles. The zero-order chi connectivity index (χ0) is 24.2. The molecule has 0 atom stereocenters. The van der Waals surface area contributed by atoms with Gasteiger partial charge in [-0.25, -0.2) is 4.39 Å². The Bertz CT molecular complexity index is 1550. The van der Waals surface area contributed by atoms with Crippen LogP contribution in [0.25, 0.3) is 11.7 Å². The van der Waals surface area contributed by atoms with Crippen LogP contribution in [0.1, 0.15) is 16.7 Å². The Morgan fingerprint density at radius 2 is 1.79 bits per heavy atom. The summed E-state index contributed by atoms with van der Waals surface area (Å²) in [5.74, 6) is -1.73. The number of rotatable bonds is 5. The van der Waals surface area contributed by atoms with Gasteiger partial charge in [-0.3, -0.25) is 14.0 Å². The van der Waals surface area contributed by atoms with Crippen LogP contribution < -0.4 is 15.6 Å². The zero-order valence-electron chi connectivity index (χ0n) is 18.4. The summed E-state index contributed by atoms with van der Waals surface area (Å²) in [7, 11) is 0. The van der Waals surface area contributed by atoms with Crippen molar-refractivity contribution >= 4 is 23.3 Å². The van der Waals surface area contributed by atoms with Crippen LogP contribution in [0.4, 0.5) is 10.1 Å². The molecule has 0 aliphatic heterocycles. The van der Waals surface area contributed by atoms with E-state index in [1.54, 1.807) is 37.3 Å². The molecular formula is C26H19FN4O3. The van der Waals surface area contributed by atoms with Crippen LogP contribution in [-0.4, -0.2) is 15.3 Å². The number of nitrogens with one attached hydrogen (secondary N) is 1. The number of nitriles is 1. The predicted molar refractivity (Wildman–Crippen MR) is 126 cm³/mol. The highest BCUT2D eigenvalue weighted by Crippen LogP contribution is 2.27. The molecule has 34 heavy (non-hydrogen) atoms. The van der Waals surface area contributed by atoms with Gasteiger partial charge in [0.25, 0.3) is 11.5 Å². The minimum Gasteiger partial charge on any atom is -0.435 e. The number of para-hydroxylation sites is 2. The second-order valence-corrected chi connectivity index (χ2v) is 7.49. The minimum atomic E-state index is -0.706. The fourth-order valence-electron chi connectivity index (χ4n) is 3.32. The molecule has 1 amide bonds. The standard InChI is InChI=1S/C26H19FN4O3/c1-16-8-3-5-11-21(16)29-24(32)18(15-28)14-19-25(34-22-12-6-4-10-20(22)27)30-23-17(2)9-7-13-31(23)26(19)33/h3-14H,1-2H3,(H,29,32)/b18-14-. The van der Waals surface area contributed by atoms with E-state index < -0.39 is 17.3 Å². The van der Waals surface area contributed by atoms with Crippen LogP contribution in [0.3, 0.4) is 0 Å². The molecule has 0 unspecified atom stereocenters. The first-order valence-corrected chi connectivity index (χ1v) is 10.3. The van der Waals surface area contributed by atoms with E-state index in [9.17, 15) is 19.2 Å². The first-order valence-electron chi connectivity index (χ1n) is 10.3. The van der Waals surface area contributed by atoms with Crippen molar-refractivity contribution in [2.75, 3.05) is 5.32 Å². The maximum absolute atomic E-state index is 14.3. The van der Waals surface area contributed by atoms with Crippen molar-refractivity contribution in [3.8, 4) is 17.7 Å². The number of amides is 1. The topological polar surface area (TPSA) is 96.5 Å². The summed E-state index contributed by atoms with van der Waals surface area (Å²) >= 11 is 0. The van der Waals surface area contributed by atoms with Gasteiger partial charge in [0.05, 0.1) is 0 Å². The molecule has 168 valence electrons. The first kappa shape index (κ1) is 22.4. The number of carbonyl (C=O) groups excluding carboxylic acids is 1. The van der Waals surface area contributed by atoms with Gasteiger partial charge in [0.15, 0.2) is 11.6 Å². The number of pyridine rings is 1. The Morgan fingerprint density at radius 1 is 1.09 bits per heavy atom. The number of anilines is 1. The SMILES string of the molecule is Cc1ccccc1NC(=O)/C(C#N)=C\c1c(Oc2ccccc2F)nc2c(C)cccn2c1=O. The zero-order valence-corrected chi connectivity index (χ0v) is 18.4. The number of aryl methyl sites for hydroxylation is 2. The maximum Gasteiger partial charge on any atom is 0.269 e. The number of aromatic nitrogens is 2. The van der Waals surface area contributed by atoms with Crippen LogP contribution in [0.15, 0.2) is 77.2 Å². The Hall–Kier alpha value is -4.77. The number of fused-ring (bicyclic) bond motifs is 1. The summed E-state index contributed by atoms with van der Waals surface area (Å²) in [6.45, 7) is 3.58. The second-order valence-electron chi connectivity index (χ2n) is 7.49. The van der Waals surface area contributed by atoms with E-state index in [0.29, 0.717) is 16.9 Å². The molecule has 0 fully saturated rings. The molecule has 2 heterocycles. The van der Waals surface area contributed by atoms with Gasteiger partial charge in [-0.1, -0.05) is 36.4 Å². The molecule has 7 nitrogen and oxygen atoms in total. The predicted octanol–water partition coefficient (Wildman–Crippen LogP) is 4.79. The molecule has 2 aromatic carbocycles. The smallest absolute Gasteiger partial charge is 0.269 e. The third-order valence-electron chi connectivity index (χ3n) is 5.14. The van der Waals surface area contributed by atoms with E-state index in [0.717, 1.165) is 11.6 Å². The highest BCUT2D eigenvalue weighted by Gasteiger charge is 2.19. The number of ether oxygens (including phenoxy) is 1. The number of benzene rings is 2. The molecule has 0 bridgehead atoms. The molecule has 1 N–H and O–H groups in total. The average Bonchev–Trinajstić information content (AvgIpc) is 2.82. The van der Waals surface area contributed by atoms with Gasteiger partial charge in [-0.2, -0.15) is 10.2 Å². The van der Waals surface area contributed by atoms with Crippen LogP contribution in [0.2, 0.25) is 0 Å². The van der Waals surface area contributed by atoms with Crippen LogP contribution in [-0.2, 0) is 4.79 Å². The van der Waals surface area contributed by atoms with E-state index in [-0.39, 0.29) is 22.8 Å². The van der Waals surface area contributed by atoms with Gasteiger partial charge in [0.1, 0.15) is 22.9 Å². The minimum absolute atomic E-state index is 0.148. The van der Waals surface area contributed by atoms with Crippen molar-refractivity contribution in [3.63, 3.8) is 0 Å². The van der Waals surface area contributed by atoms with E-state index >= 15 is 0 Å². The second kappa shape index (κ2) is 9.38. The lowest BCUT2D eigenvalue weighted by Gasteiger charge is -2.12. The fourth-order valence-corrected chi connectivity index (χ4v) is 3.32. The first-order chi connectivity index (χ1) is 16.4. The molecule has 4 rings (SSSR count). The van der Waals surface area contributed by atoms with Gasteiger partial charge >= 0.3 is 0 Å². The fraction of sp³-hybridized carbons (Fsp3) is 0.0769. The molecule has 0 saturated carbocycles. The number of hydrogen-bond donors (Lipinski definition) is 1. The van der Waals surface area contributed by atoms with Crippen LogP contribution in [0, 0.1) is 31.0 Å². The number of hydrogen-bond acceptors (Lipinski definition) is 5. The van der Waals surface area contributed by atoms with E-state index in [2.05, 4.69) is 10.3 Å². The van der Waals surface area contributed by atoms with Gasteiger partial charge in [0.2, 0.25) is 5.88 Å². The quantitative estimate of drug-likeness (QED) is 0.346. The summed E-state index contributed by atoms with van der Waals surface area (Å²) in [5, 5.41) is 12.3. The molecule has 0 radical (unpaired) electrons. The van der Waals surface area contributed by atoms with E-state index in [1.807, 2.05) is 25.1 Å². The molecule has 4 aromatic rings. The Morgan fingerprint density at radius 3 is 2.53 bits per heavy atom. The van der Waals surface area contributed by atoms with Crippen molar-refractivity contribution in [2.45, 2.75) is 13.8 Å². The van der Waals surface area contributed by atoms with Crippen LogP contribution in [0.5, 0.6) is 11.6 Å². The summed E-state index contributed by atoms with van der Waals surface area (Å²) in [6.07, 6.45) is 2.62. The Kier molecular flexibility index (Phi) is 6.19. The lowest BCUT2D eigenvalue weighted by molar-refractivity contribution is -0.112. The van der Waals surface area contributed by atoms with Gasteiger partial charge in [0, 0.05) is 11.9 Å². The highest BCUT2D eigenvalue weighted by atomic mass is 19.1. The Balaban J connectivity index is 1.86. The van der Waals surface area contributed by atoms with Gasteiger partial charge in [-0.15, -0.1) is 0 Å². The lowest BCUT2D eigenvalue weighted by Crippen LogP contribution is -2.21. The van der Waals surface area contributed by atoms with Crippen molar-refractivity contribution in [1.82, 2.24) is 9.38 Å². The van der Waals surface area contributed by atoms with Crippen molar-refractivity contribution in [3.05, 3.63) is 105 Å². The monoisotopic (exact) mass is 454 g/mol. The normalized spacial score (nSPS) is 11.2. The maximum atomic E-state index is 14.3. The largest absolute Gasteiger partial charge is 0.435 e. The molecule has 0 saturated heterocycles. The molecule has 0 spiro atoms. The molecule has 0 aliphatic rings. The molecule has 0 aliphatic carbocycles. The highest BCUT2D eigenvalue weighted by molar-refractivity contribution is 6.10. The van der Waals surface area contributed by atoms with Gasteiger partial charge in [-0.05, 0) is 55.3 Å². The van der Waals surface area contributed by atoms with Crippen molar-refractivity contribution < 1.29 is 13.9 Å². The summed E-state index contributed by atoms with van der Waals surface area (Å²) in [4.78, 5) is 30.6. The van der Waals surface area contributed by atoms with Crippen molar-refractivity contribution in [2.24, 2.45) is 0 Å². The summed E-state index contributed by atoms with van der Waals surface area (Å²) in [6, 6.07) is 18.0. The average molecular weight is 454 g/mol. The van der Waals surface area contributed by atoms with Crippen molar-refractivity contribution in [1.29, 1.82) is 5.26 Å². The third-order valence-corrected chi connectivity index (χ3v) is 5.14. The number of carbonyl (C=O) groups is 1. The number of nitrogens with zero attached hydrogens (tertiary/aromatic N) is 3. The Labute approximate surface area is 194 Å². The summed E-state index contributed by atoms with van der Waals surface area (Å²) < 4.78 is 21.2. The molecule has 8 heteroatoms. The van der Waals surface area contributed by atoms with Crippen LogP contribution >= 0.6 is 0 Å². The third kappa shape index (κ3) is 4.40. The van der Waals surface area contributed by atoms with Gasteiger partial charge < -0.3 is 10.1 Å². The van der Waals surface area contributed by atoms with E-state index in [4.69, 9.17) is 4.74 Å². The molecular weight excluding hydrogens is 435 g/mol. The van der Waals surface area contributed by atoms with E-state index in [1.165, 1.54) is 28.8 Å². The summed E-state index contributed by atoms with van der Waals surface area (Å²) in [5.41, 5.74) is 1.25. The lowest BCUT2D eigenvalue weighted by atomic mass is 10.1.